The fourth-order valence-corrected chi connectivity index (χ4v) is 3.03. The Hall–Kier alpha value is -1.20. The number of ether oxygens (including phenoxy) is 1. The monoisotopic (exact) mass is 348 g/mol. The van der Waals surface area contributed by atoms with E-state index in [0.29, 0.717) is 6.07 Å². The summed E-state index contributed by atoms with van der Waals surface area (Å²) < 4.78 is 79.4. The fraction of sp³-hybridized carbons (Fsp3) is 0.400. The van der Waals surface area contributed by atoms with Crippen LogP contribution in [0.3, 0.4) is 0 Å². The van der Waals surface area contributed by atoms with E-state index in [1.807, 2.05) is 4.72 Å². The number of benzene rings is 1. The van der Waals surface area contributed by atoms with Crippen molar-refractivity contribution in [3.05, 3.63) is 17.9 Å². The van der Waals surface area contributed by atoms with Crippen molar-refractivity contribution in [1.82, 2.24) is 4.72 Å². The summed E-state index contributed by atoms with van der Waals surface area (Å²) in [5.74, 6) is -1.79. The number of methoxy groups -OCH3 is 1. The van der Waals surface area contributed by atoms with E-state index in [9.17, 15) is 26.0 Å². The molecule has 0 fully saturated rings. The number of alkyl halides is 3. The summed E-state index contributed by atoms with van der Waals surface area (Å²) in [5.41, 5.74) is 0.755. The normalized spacial score (nSPS) is 12.4. The number of thioether (sulfide) groups is 1. The first-order valence-corrected chi connectivity index (χ1v) is 7.87. The second-order valence-electron chi connectivity index (χ2n) is 3.72. The molecule has 0 aromatic heterocycles. The molecule has 0 bridgehead atoms. The molecular weight excluding hydrogens is 336 g/mol. The number of nitrogens with one attached hydrogen (secondary N) is 1. The van der Waals surface area contributed by atoms with E-state index in [-0.39, 0.29) is 23.2 Å². The van der Waals surface area contributed by atoms with Crippen molar-refractivity contribution in [2.45, 2.75) is 10.4 Å². The van der Waals surface area contributed by atoms with E-state index in [1.165, 1.54) is 0 Å². The second kappa shape index (κ2) is 6.71. The predicted octanol–water partition coefficient (Wildman–Crippen LogP) is 1.95. The van der Waals surface area contributed by atoms with Gasteiger partial charge in [0.25, 0.3) is 0 Å². The minimum Gasteiger partial charge on any atom is -0.492 e. The minimum absolute atomic E-state index is 0.234. The predicted molar refractivity (Wildman–Crippen MR) is 71.1 cm³/mol. The van der Waals surface area contributed by atoms with Crippen LogP contribution in [0.15, 0.2) is 17.0 Å². The quantitative estimate of drug-likeness (QED) is 0.467. The Morgan fingerprint density at radius 3 is 2.48 bits per heavy atom. The molecule has 11 heteroatoms. The number of anilines is 1. The zero-order valence-corrected chi connectivity index (χ0v) is 12.3. The Kier molecular flexibility index (Phi) is 5.70. The van der Waals surface area contributed by atoms with E-state index >= 15 is 0 Å². The summed E-state index contributed by atoms with van der Waals surface area (Å²) in [5, 5.41) is 0. The first kappa shape index (κ1) is 17.9. The van der Waals surface area contributed by atoms with Crippen molar-refractivity contribution in [3.8, 4) is 5.75 Å². The molecule has 0 unspecified atom stereocenters. The van der Waals surface area contributed by atoms with E-state index in [1.54, 1.807) is 0 Å². The zero-order chi connectivity index (χ0) is 16.3. The van der Waals surface area contributed by atoms with Gasteiger partial charge in [-0.25, -0.2) is 17.5 Å². The first-order chi connectivity index (χ1) is 9.57. The van der Waals surface area contributed by atoms with Gasteiger partial charge in [-0.2, -0.15) is 13.2 Å². The molecule has 1 rings (SSSR count). The standard InChI is InChI=1S/C10H12F4N2O3S2/c1-19-9-7(11)4-6(5-8(9)15)21(17,18)16-2-3-20-10(12,13)14/h4-5,16H,2-3,15H2,1H3. The van der Waals surface area contributed by atoms with E-state index in [2.05, 4.69) is 4.74 Å². The van der Waals surface area contributed by atoms with E-state index < -0.39 is 38.5 Å². The molecule has 0 aliphatic heterocycles. The van der Waals surface area contributed by atoms with Crippen LogP contribution in [0.2, 0.25) is 0 Å². The van der Waals surface area contributed by atoms with E-state index in [0.717, 1.165) is 13.2 Å². The molecule has 0 amide bonds. The SMILES string of the molecule is COc1c(N)cc(S(=O)(=O)NCCSC(F)(F)F)cc1F. The van der Waals surface area contributed by atoms with Crippen LogP contribution in [0, 0.1) is 5.82 Å². The van der Waals surface area contributed by atoms with Crippen LogP contribution in [-0.2, 0) is 10.0 Å². The lowest BCUT2D eigenvalue weighted by atomic mass is 10.3. The second-order valence-corrected chi connectivity index (χ2v) is 6.65. The summed E-state index contributed by atoms with van der Waals surface area (Å²) in [7, 11) is -2.99. The van der Waals surface area contributed by atoms with Crippen molar-refractivity contribution in [1.29, 1.82) is 0 Å². The zero-order valence-electron chi connectivity index (χ0n) is 10.7. The van der Waals surface area contributed by atoms with Crippen LogP contribution in [0.25, 0.3) is 0 Å². The molecule has 5 nitrogen and oxygen atoms in total. The largest absolute Gasteiger partial charge is 0.492 e. The number of halogens is 4. The molecule has 120 valence electrons. The summed E-state index contributed by atoms with van der Waals surface area (Å²) in [6.07, 6.45) is 0. The van der Waals surface area contributed by atoms with Gasteiger partial charge in [0, 0.05) is 12.3 Å². The molecule has 3 N–H and O–H groups in total. The maximum atomic E-state index is 13.5. The maximum absolute atomic E-state index is 13.5. The summed E-state index contributed by atoms with van der Waals surface area (Å²) in [6.45, 7) is -0.458. The molecule has 0 heterocycles. The van der Waals surface area contributed by atoms with Crippen LogP contribution >= 0.6 is 11.8 Å². The van der Waals surface area contributed by atoms with E-state index in [4.69, 9.17) is 5.73 Å². The Morgan fingerprint density at radius 1 is 1.38 bits per heavy atom. The number of hydrogen-bond donors (Lipinski definition) is 2. The molecular formula is C10H12F4N2O3S2. The Bertz CT molecular complexity index is 582. The van der Waals surface area contributed by atoms with Gasteiger partial charge in [0.1, 0.15) is 0 Å². The highest BCUT2D eigenvalue weighted by atomic mass is 32.2. The highest BCUT2D eigenvalue weighted by molar-refractivity contribution is 8.00. The van der Waals surface area contributed by atoms with Gasteiger partial charge in [0.05, 0.1) is 17.7 Å². The van der Waals surface area contributed by atoms with Gasteiger partial charge < -0.3 is 10.5 Å². The molecule has 0 saturated heterocycles. The van der Waals surface area contributed by atoms with Crippen LogP contribution in [0.1, 0.15) is 0 Å². The van der Waals surface area contributed by atoms with Gasteiger partial charge in [0.2, 0.25) is 10.0 Å². The minimum atomic E-state index is -4.44. The third-order valence-corrected chi connectivity index (χ3v) is 4.40. The number of nitrogen functional groups attached to an aromatic ring is 1. The van der Waals surface area contributed by atoms with Crippen molar-refractivity contribution >= 4 is 27.5 Å². The highest BCUT2D eigenvalue weighted by Gasteiger charge is 2.28. The molecule has 0 saturated carbocycles. The van der Waals surface area contributed by atoms with Crippen LogP contribution < -0.4 is 15.2 Å². The molecule has 0 aliphatic carbocycles. The van der Waals surface area contributed by atoms with Crippen molar-refractivity contribution in [2.24, 2.45) is 0 Å². The lowest BCUT2D eigenvalue weighted by Gasteiger charge is -2.11. The Balaban J connectivity index is 2.80. The summed E-state index contributed by atoms with van der Waals surface area (Å²) in [4.78, 5) is -0.490. The van der Waals surface area contributed by atoms with Gasteiger partial charge in [-0.1, -0.05) is 0 Å². The van der Waals surface area contributed by atoms with Crippen LogP contribution in [-0.4, -0.2) is 33.3 Å². The molecule has 0 atom stereocenters. The summed E-state index contributed by atoms with van der Waals surface area (Å²) in [6, 6.07) is 1.63. The molecule has 0 spiro atoms. The lowest BCUT2D eigenvalue weighted by molar-refractivity contribution is -0.0327. The third-order valence-electron chi connectivity index (χ3n) is 2.22. The van der Waals surface area contributed by atoms with Crippen molar-refractivity contribution in [3.63, 3.8) is 0 Å². The van der Waals surface area contributed by atoms with Gasteiger partial charge in [0.15, 0.2) is 11.6 Å². The lowest BCUT2D eigenvalue weighted by Crippen LogP contribution is -2.27. The van der Waals surface area contributed by atoms with Crippen molar-refractivity contribution in [2.75, 3.05) is 25.1 Å². The smallest absolute Gasteiger partial charge is 0.441 e. The van der Waals surface area contributed by atoms with Crippen LogP contribution in [0.4, 0.5) is 23.2 Å². The Morgan fingerprint density at radius 2 is 2.00 bits per heavy atom. The molecule has 1 aromatic rings. The van der Waals surface area contributed by atoms with Crippen LogP contribution in [0.5, 0.6) is 5.75 Å². The Labute approximate surface area is 122 Å². The molecule has 1 aromatic carbocycles. The maximum Gasteiger partial charge on any atom is 0.441 e. The number of nitrogens with two attached hydrogens (primary N) is 1. The number of sulfonamides is 1. The number of hydrogen-bond acceptors (Lipinski definition) is 5. The topological polar surface area (TPSA) is 81.4 Å². The van der Waals surface area contributed by atoms with Gasteiger partial charge in [-0.05, 0) is 23.9 Å². The average molecular weight is 348 g/mol. The molecule has 21 heavy (non-hydrogen) atoms. The third kappa shape index (κ3) is 5.25. The first-order valence-electron chi connectivity index (χ1n) is 5.40. The summed E-state index contributed by atoms with van der Waals surface area (Å²) >= 11 is -0.364. The molecule has 0 aliphatic rings. The molecule has 0 radical (unpaired) electrons. The highest BCUT2D eigenvalue weighted by Crippen LogP contribution is 2.30. The number of rotatable bonds is 6. The van der Waals surface area contributed by atoms with Gasteiger partial charge in [-0.15, -0.1) is 0 Å². The van der Waals surface area contributed by atoms with Crippen molar-refractivity contribution < 1.29 is 30.7 Å². The van der Waals surface area contributed by atoms with Gasteiger partial charge >= 0.3 is 5.51 Å². The average Bonchev–Trinajstić information content (AvgIpc) is 2.33. The van der Waals surface area contributed by atoms with Gasteiger partial charge in [-0.3, -0.25) is 0 Å². The fourth-order valence-electron chi connectivity index (χ4n) is 1.39.